The number of sulfonamides is 1. The highest BCUT2D eigenvalue weighted by atomic mass is 127. The Morgan fingerprint density at radius 1 is 1.15 bits per heavy atom. The van der Waals surface area contributed by atoms with Crippen molar-refractivity contribution in [1.29, 1.82) is 0 Å². The molecule has 26 heavy (non-hydrogen) atoms. The van der Waals surface area contributed by atoms with E-state index in [0.717, 1.165) is 25.4 Å². The number of amides is 1. The normalized spacial score (nSPS) is 11.0. The standard InChI is InChI=1S/C18H21IN2O4S/c1-14-5-3-4-6-17(14)25-12-11-20-18(22)13-21(26(2,23)24)16-9-7-15(19)8-10-16/h3-10H,11-13H2,1-2H3,(H,20,22). The number of anilines is 1. The first-order chi connectivity index (χ1) is 12.3. The molecule has 0 aliphatic rings. The minimum Gasteiger partial charge on any atom is -0.491 e. The van der Waals surface area contributed by atoms with Crippen molar-refractivity contribution in [3.8, 4) is 5.75 Å². The Morgan fingerprint density at radius 2 is 1.81 bits per heavy atom. The van der Waals surface area contributed by atoms with Gasteiger partial charge in [0.1, 0.15) is 18.9 Å². The smallest absolute Gasteiger partial charge is 0.240 e. The molecule has 2 aromatic carbocycles. The number of para-hydroxylation sites is 1. The summed E-state index contributed by atoms with van der Waals surface area (Å²) in [6.07, 6.45) is 1.08. The second kappa shape index (κ2) is 9.22. The van der Waals surface area contributed by atoms with Crippen LogP contribution < -0.4 is 14.4 Å². The maximum absolute atomic E-state index is 12.1. The fourth-order valence-electron chi connectivity index (χ4n) is 2.26. The van der Waals surface area contributed by atoms with Gasteiger partial charge in [0.2, 0.25) is 15.9 Å². The molecule has 0 aliphatic carbocycles. The number of hydrogen-bond acceptors (Lipinski definition) is 4. The molecule has 0 radical (unpaired) electrons. The van der Waals surface area contributed by atoms with Gasteiger partial charge < -0.3 is 10.1 Å². The Kier molecular flexibility index (Phi) is 7.27. The van der Waals surface area contributed by atoms with Crippen LogP contribution in [0.2, 0.25) is 0 Å². The number of ether oxygens (including phenoxy) is 1. The van der Waals surface area contributed by atoms with Crippen molar-refractivity contribution in [2.45, 2.75) is 6.92 Å². The molecule has 0 fully saturated rings. The van der Waals surface area contributed by atoms with Crippen LogP contribution in [0.5, 0.6) is 5.75 Å². The van der Waals surface area contributed by atoms with Crippen molar-refractivity contribution < 1.29 is 17.9 Å². The largest absolute Gasteiger partial charge is 0.491 e. The predicted molar refractivity (Wildman–Crippen MR) is 111 cm³/mol. The summed E-state index contributed by atoms with van der Waals surface area (Å²) in [6.45, 7) is 2.26. The maximum atomic E-state index is 12.1. The zero-order valence-electron chi connectivity index (χ0n) is 14.6. The van der Waals surface area contributed by atoms with Gasteiger partial charge in [-0.25, -0.2) is 8.42 Å². The number of nitrogens with zero attached hydrogens (tertiary/aromatic N) is 1. The third-order valence-corrected chi connectivity index (χ3v) is 5.44. The minimum atomic E-state index is -3.57. The van der Waals surface area contributed by atoms with Crippen LogP contribution in [0.25, 0.3) is 0 Å². The van der Waals surface area contributed by atoms with Crippen molar-refractivity contribution in [2.24, 2.45) is 0 Å². The summed E-state index contributed by atoms with van der Waals surface area (Å²) >= 11 is 2.13. The highest BCUT2D eigenvalue weighted by molar-refractivity contribution is 14.1. The molecule has 6 nitrogen and oxygen atoms in total. The molecule has 0 saturated heterocycles. The van der Waals surface area contributed by atoms with Gasteiger partial charge in [0.25, 0.3) is 0 Å². The number of halogens is 1. The Bertz CT molecular complexity index is 854. The molecule has 0 heterocycles. The topological polar surface area (TPSA) is 75.7 Å². The molecular formula is C18H21IN2O4S. The van der Waals surface area contributed by atoms with E-state index >= 15 is 0 Å². The van der Waals surface area contributed by atoms with Crippen molar-refractivity contribution in [3.05, 3.63) is 57.7 Å². The number of aryl methyl sites for hydroxylation is 1. The number of nitrogens with one attached hydrogen (secondary N) is 1. The molecule has 0 atom stereocenters. The number of carbonyl (C=O) groups excluding carboxylic acids is 1. The highest BCUT2D eigenvalue weighted by Gasteiger charge is 2.20. The lowest BCUT2D eigenvalue weighted by Crippen LogP contribution is -2.41. The van der Waals surface area contributed by atoms with E-state index in [4.69, 9.17) is 4.74 Å². The number of rotatable bonds is 8. The quantitative estimate of drug-likeness (QED) is 0.458. The first kappa shape index (κ1) is 20.5. The van der Waals surface area contributed by atoms with E-state index in [9.17, 15) is 13.2 Å². The first-order valence-corrected chi connectivity index (χ1v) is 10.9. The fourth-order valence-corrected chi connectivity index (χ4v) is 3.48. The number of hydrogen-bond donors (Lipinski definition) is 1. The highest BCUT2D eigenvalue weighted by Crippen LogP contribution is 2.19. The van der Waals surface area contributed by atoms with Crippen LogP contribution >= 0.6 is 22.6 Å². The minimum absolute atomic E-state index is 0.274. The summed E-state index contributed by atoms with van der Waals surface area (Å²) in [5, 5.41) is 2.68. The average molecular weight is 488 g/mol. The summed E-state index contributed by atoms with van der Waals surface area (Å²) in [6, 6.07) is 14.6. The Hall–Kier alpha value is -1.81. The number of carbonyl (C=O) groups is 1. The van der Waals surface area contributed by atoms with E-state index in [1.165, 1.54) is 0 Å². The third kappa shape index (κ3) is 6.17. The van der Waals surface area contributed by atoms with E-state index in [1.807, 2.05) is 31.2 Å². The predicted octanol–water partition coefficient (Wildman–Crippen LogP) is 2.56. The lowest BCUT2D eigenvalue weighted by atomic mass is 10.2. The monoisotopic (exact) mass is 488 g/mol. The molecule has 0 unspecified atom stereocenters. The van der Waals surface area contributed by atoms with E-state index in [-0.39, 0.29) is 19.0 Å². The lowest BCUT2D eigenvalue weighted by Gasteiger charge is -2.22. The van der Waals surface area contributed by atoms with Gasteiger partial charge in [0.05, 0.1) is 18.5 Å². The zero-order valence-corrected chi connectivity index (χ0v) is 17.6. The van der Waals surface area contributed by atoms with Gasteiger partial charge >= 0.3 is 0 Å². The Morgan fingerprint density at radius 3 is 2.42 bits per heavy atom. The Labute approximate surface area is 167 Å². The molecule has 0 saturated carbocycles. The number of benzene rings is 2. The molecule has 8 heteroatoms. The molecule has 0 aliphatic heterocycles. The van der Waals surface area contributed by atoms with Crippen molar-refractivity contribution in [2.75, 3.05) is 30.3 Å². The third-order valence-electron chi connectivity index (χ3n) is 3.58. The first-order valence-electron chi connectivity index (χ1n) is 7.96. The van der Waals surface area contributed by atoms with Crippen LogP contribution in [0.4, 0.5) is 5.69 Å². The van der Waals surface area contributed by atoms with Gasteiger partial charge in [-0.05, 0) is 65.4 Å². The molecule has 2 rings (SSSR count). The summed E-state index contributed by atoms with van der Waals surface area (Å²) in [5.41, 5.74) is 1.47. The van der Waals surface area contributed by atoms with Crippen LogP contribution in [0.15, 0.2) is 48.5 Å². The van der Waals surface area contributed by atoms with Gasteiger partial charge in [-0.2, -0.15) is 0 Å². The van der Waals surface area contributed by atoms with Gasteiger partial charge in [-0.15, -0.1) is 0 Å². The van der Waals surface area contributed by atoms with E-state index in [0.29, 0.717) is 12.3 Å². The van der Waals surface area contributed by atoms with E-state index < -0.39 is 10.0 Å². The molecular weight excluding hydrogens is 467 g/mol. The van der Waals surface area contributed by atoms with E-state index in [2.05, 4.69) is 27.9 Å². The molecule has 0 bridgehead atoms. The van der Waals surface area contributed by atoms with Crippen LogP contribution in [0.1, 0.15) is 5.56 Å². The second-order valence-corrected chi connectivity index (χ2v) is 8.86. The Balaban J connectivity index is 1.89. The van der Waals surface area contributed by atoms with Crippen LogP contribution in [-0.4, -0.2) is 40.3 Å². The van der Waals surface area contributed by atoms with Crippen molar-refractivity contribution in [1.82, 2.24) is 5.32 Å². The molecule has 2 aromatic rings. The van der Waals surface area contributed by atoms with Crippen molar-refractivity contribution in [3.63, 3.8) is 0 Å². The second-order valence-electron chi connectivity index (χ2n) is 5.71. The molecule has 140 valence electrons. The maximum Gasteiger partial charge on any atom is 0.240 e. The van der Waals surface area contributed by atoms with Crippen LogP contribution in [0.3, 0.4) is 0 Å². The SMILES string of the molecule is Cc1ccccc1OCCNC(=O)CN(c1ccc(I)cc1)S(C)(=O)=O. The summed E-state index contributed by atoms with van der Waals surface area (Å²) in [7, 11) is -3.57. The summed E-state index contributed by atoms with van der Waals surface area (Å²) < 4.78 is 31.7. The summed E-state index contributed by atoms with van der Waals surface area (Å²) in [4.78, 5) is 12.1. The lowest BCUT2D eigenvalue weighted by molar-refractivity contribution is -0.119. The molecule has 0 spiro atoms. The van der Waals surface area contributed by atoms with Gasteiger partial charge in [0, 0.05) is 3.57 Å². The zero-order chi connectivity index (χ0) is 19.2. The summed E-state index contributed by atoms with van der Waals surface area (Å²) in [5.74, 6) is 0.376. The fraction of sp³-hybridized carbons (Fsp3) is 0.278. The van der Waals surface area contributed by atoms with Gasteiger partial charge in [-0.1, -0.05) is 18.2 Å². The van der Waals surface area contributed by atoms with Gasteiger partial charge in [0.15, 0.2) is 0 Å². The van der Waals surface area contributed by atoms with Crippen molar-refractivity contribution >= 4 is 44.2 Å². The molecule has 0 aromatic heterocycles. The average Bonchev–Trinajstić information content (AvgIpc) is 2.58. The molecule has 1 N–H and O–H groups in total. The van der Waals surface area contributed by atoms with Gasteiger partial charge in [-0.3, -0.25) is 9.10 Å². The van der Waals surface area contributed by atoms with E-state index in [1.54, 1.807) is 24.3 Å². The van der Waals surface area contributed by atoms with Crippen LogP contribution in [-0.2, 0) is 14.8 Å². The van der Waals surface area contributed by atoms with Crippen LogP contribution in [0, 0.1) is 10.5 Å². The molecule has 1 amide bonds.